The van der Waals surface area contributed by atoms with E-state index in [-0.39, 0.29) is 0 Å². The van der Waals surface area contributed by atoms with Crippen LogP contribution in [0.2, 0.25) is 0 Å². The highest BCUT2D eigenvalue weighted by molar-refractivity contribution is 4.77. The lowest BCUT2D eigenvalue weighted by Gasteiger charge is -2.24. The van der Waals surface area contributed by atoms with Gasteiger partial charge in [-0.15, -0.1) is 0 Å². The Morgan fingerprint density at radius 3 is 1.81 bits per heavy atom. The monoisotopic (exact) mass is 229 g/mol. The van der Waals surface area contributed by atoms with E-state index in [2.05, 4.69) is 6.92 Å². The minimum absolute atomic E-state index is 0.403. The predicted octanol–water partition coefficient (Wildman–Crippen LogP) is 3.62. The van der Waals surface area contributed by atoms with Crippen molar-refractivity contribution in [2.75, 3.05) is 6.54 Å². The topological polar surface area (TPSA) is 46.2 Å². The molecule has 2 nitrogen and oxygen atoms in total. The highest BCUT2D eigenvalue weighted by Crippen LogP contribution is 2.18. The zero-order valence-electron chi connectivity index (χ0n) is 11.3. The first kappa shape index (κ1) is 15.9. The molecule has 1 unspecified atom stereocenters. The first-order valence-electron chi connectivity index (χ1n) is 7.11. The van der Waals surface area contributed by atoms with Crippen LogP contribution < -0.4 is 5.73 Å². The van der Waals surface area contributed by atoms with Crippen molar-refractivity contribution in [3.05, 3.63) is 0 Å². The first-order valence-corrected chi connectivity index (χ1v) is 7.11. The van der Waals surface area contributed by atoms with Gasteiger partial charge in [0.25, 0.3) is 0 Å². The molecule has 0 saturated heterocycles. The minimum Gasteiger partial charge on any atom is -0.389 e. The van der Waals surface area contributed by atoms with Crippen LogP contribution in [0.4, 0.5) is 0 Å². The van der Waals surface area contributed by atoms with Crippen molar-refractivity contribution in [1.82, 2.24) is 0 Å². The molecule has 0 spiro atoms. The third kappa shape index (κ3) is 8.12. The zero-order valence-corrected chi connectivity index (χ0v) is 11.3. The quantitative estimate of drug-likeness (QED) is 0.532. The van der Waals surface area contributed by atoms with Crippen molar-refractivity contribution >= 4 is 0 Å². The smallest absolute Gasteiger partial charge is 0.0766 e. The van der Waals surface area contributed by atoms with E-state index in [4.69, 9.17) is 5.73 Å². The first-order chi connectivity index (χ1) is 7.68. The number of unbranched alkanes of at least 4 members (excludes halogenated alkanes) is 7. The van der Waals surface area contributed by atoms with Crippen LogP contribution in [0.1, 0.15) is 78.1 Å². The van der Waals surface area contributed by atoms with Gasteiger partial charge in [-0.3, -0.25) is 0 Å². The van der Waals surface area contributed by atoms with Crippen LogP contribution >= 0.6 is 0 Å². The summed E-state index contributed by atoms with van der Waals surface area (Å²) >= 11 is 0. The second-order valence-electron chi connectivity index (χ2n) is 5.01. The Balaban J connectivity index is 3.26. The molecule has 0 aliphatic heterocycles. The van der Waals surface area contributed by atoms with Gasteiger partial charge in [0, 0.05) is 6.54 Å². The number of aliphatic hydroxyl groups is 1. The molecule has 2 heteroatoms. The van der Waals surface area contributed by atoms with Gasteiger partial charge in [0.05, 0.1) is 5.60 Å². The van der Waals surface area contributed by atoms with E-state index >= 15 is 0 Å². The van der Waals surface area contributed by atoms with Crippen molar-refractivity contribution < 1.29 is 5.11 Å². The van der Waals surface area contributed by atoms with Gasteiger partial charge in [0.15, 0.2) is 0 Å². The fourth-order valence-corrected chi connectivity index (χ4v) is 2.01. The van der Waals surface area contributed by atoms with Gasteiger partial charge < -0.3 is 10.8 Å². The number of hydrogen-bond donors (Lipinski definition) is 2. The predicted molar refractivity (Wildman–Crippen MR) is 71.5 cm³/mol. The van der Waals surface area contributed by atoms with Crippen LogP contribution in [-0.4, -0.2) is 17.3 Å². The SMILES string of the molecule is CCCCCCCCCCC(O)(CC)CN. The number of hydrogen-bond acceptors (Lipinski definition) is 2. The normalized spacial score (nSPS) is 15.0. The molecular weight excluding hydrogens is 198 g/mol. The third-order valence-corrected chi connectivity index (χ3v) is 3.53. The molecule has 0 amide bonds. The van der Waals surface area contributed by atoms with E-state index in [1.54, 1.807) is 0 Å². The van der Waals surface area contributed by atoms with E-state index in [1.807, 2.05) is 6.92 Å². The van der Waals surface area contributed by atoms with Gasteiger partial charge in [-0.25, -0.2) is 0 Å². The summed E-state index contributed by atoms with van der Waals surface area (Å²) in [6, 6.07) is 0. The van der Waals surface area contributed by atoms with Crippen LogP contribution in [0.15, 0.2) is 0 Å². The average molecular weight is 229 g/mol. The molecule has 0 aliphatic carbocycles. The summed E-state index contributed by atoms with van der Waals surface area (Å²) < 4.78 is 0. The Bertz CT molecular complexity index is 144. The van der Waals surface area contributed by atoms with E-state index in [0.717, 1.165) is 19.3 Å². The Kier molecular flexibility index (Phi) is 10.0. The Hall–Kier alpha value is -0.0800. The third-order valence-electron chi connectivity index (χ3n) is 3.53. The van der Waals surface area contributed by atoms with E-state index in [1.165, 1.54) is 44.9 Å². The maximum Gasteiger partial charge on any atom is 0.0766 e. The lowest BCUT2D eigenvalue weighted by molar-refractivity contribution is 0.0338. The van der Waals surface area contributed by atoms with Gasteiger partial charge >= 0.3 is 0 Å². The molecule has 16 heavy (non-hydrogen) atoms. The fourth-order valence-electron chi connectivity index (χ4n) is 2.01. The molecule has 0 aromatic carbocycles. The molecule has 0 fully saturated rings. The number of nitrogens with two attached hydrogens (primary N) is 1. The molecule has 0 aromatic heterocycles. The average Bonchev–Trinajstić information content (AvgIpc) is 2.32. The van der Waals surface area contributed by atoms with Crippen LogP contribution in [0, 0.1) is 0 Å². The van der Waals surface area contributed by atoms with Gasteiger partial charge in [0.1, 0.15) is 0 Å². The Morgan fingerprint density at radius 2 is 1.38 bits per heavy atom. The van der Waals surface area contributed by atoms with Gasteiger partial charge in [-0.1, -0.05) is 65.2 Å². The molecule has 0 aromatic rings. The molecular formula is C14H31NO. The summed E-state index contributed by atoms with van der Waals surface area (Å²) in [6.45, 7) is 4.66. The molecule has 0 heterocycles. The zero-order chi connectivity index (χ0) is 12.3. The Labute approximate surface area is 102 Å². The van der Waals surface area contributed by atoms with E-state index in [0.29, 0.717) is 6.54 Å². The summed E-state index contributed by atoms with van der Waals surface area (Å²) in [4.78, 5) is 0. The summed E-state index contributed by atoms with van der Waals surface area (Å²) in [5, 5.41) is 9.98. The van der Waals surface area contributed by atoms with Gasteiger partial charge in [0.2, 0.25) is 0 Å². The maximum absolute atomic E-state index is 9.98. The lowest BCUT2D eigenvalue weighted by Crippen LogP contribution is -2.36. The molecule has 0 bridgehead atoms. The highest BCUT2D eigenvalue weighted by Gasteiger charge is 2.21. The molecule has 0 rings (SSSR count). The second-order valence-corrected chi connectivity index (χ2v) is 5.01. The van der Waals surface area contributed by atoms with Crippen molar-refractivity contribution in [2.45, 2.75) is 83.7 Å². The number of rotatable bonds is 11. The summed E-state index contributed by atoms with van der Waals surface area (Å²) in [5.41, 5.74) is 4.97. The van der Waals surface area contributed by atoms with Gasteiger partial charge in [-0.05, 0) is 12.8 Å². The lowest BCUT2D eigenvalue weighted by atomic mass is 9.93. The van der Waals surface area contributed by atoms with Crippen LogP contribution in [0.25, 0.3) is 0 Å². The molecule has 0 radical (unpaired) electrons. The van der Waals surface area contributed by atoms with Crippen molar-refractivity contribution in [2.24, 2.45) is 5.73 Å². The van der Waals surface area contributed by atoms with Crippen LogP contribution in [0.3, 0.4) is 0 Å². The summed E-state index contributed by atoms with van der Waals surface area (Å²) in [6.07, 6.45) is 12.1. The standard InChI is InChI=1S/C14H31NO/c1-3-5-6-7-8-9-10-11-12-14(16,4-2)13-15/h16H,3-13,15H2,1-2H3. The minimum atomic E-state index is -0.595. The molecule has 98 valence electrons. The maximum atomic E-state index is 9.98. The van der Waals surface area contributed by atoms with E-state index < -0.39 is 5.60 Å². The fraction of sp³-hybridized carbons (Fsp3) is 1.00. The molecule has 0 aliphatic rings. The molecule has 0 saturated carbocycles. The Morgan fingerprint density at radius 1 is 0.875 bits per heavy atom. The second kappa shape index (κ2) is 10.1. The molecule has 1 atom stereocenters. The van der Waals surface area contributed by atoms with Crippen molar-refractivity contribution in [1.29, 1.82) is 0 Å². The van der Waals surface area contributed by atoms with Crippen molar-refractivity contribution in [3.8, 4) is 0 Å². The summed E-state index contributed by atoms with van der Waals surface area (Å²) in [5.74, 6) is 0. The van der Waals surface area contributed by atoms with Crippen LogP contribution in [0.5, 0.6) is 0 Å². The largest absolute Gasteiger partial charge is 0.389 e. The highest BCUT2D eigenvalue weighted by atomic mass is 16.3. The van der Waals surface area contributed by atoms with E-state index in [9.17, 15) is 5.11 Å². The van der Waals surface area contributed by atoms with Gasteiger partial charge in [-0.2, -0.15) is 0 Å². The van der Waals surface area contributed by atoms with Crippen LogP contribution in [-0.2, 0) is 0 Å². The summed E-state index contributed by atoms with van der Waals surface area (Å²) in [7, 11) is 0. The van der Waals surface area contributed by atoms with Crippen molar-refractivity contribution in [3.63, 3.8) is 0 Å². The molecule has 3 N–H and O–H groups in total.